The van der Waals surface area contributed by atoms with Crippen molar-refractivity contribution in [2.24, 2.45) is 0 Å². The van der Waals surface area contributed by atoms with Crippen molar-refractivity contribution in [1.82, 2.24) is 15.1 Å². The first-order chi connectivity index (χ1) is 19.6. The number of likely N-dealkylation sites (N-methyl/N-ethyl adjacent to an activating group) is 1. The normalized spacial score (nSPS) is 18.8. The number of sulfonamides is 1. The van der Waals surface area contributed by atoms with E-state index in [9.17, 15) is 13.2 Å². The smallest absolute Gasteiger partial charge is 0.261 e. The van der Waals surface area contributed by atoms with Crippen molar-refractivity contribution in [3.05, 3.63) is 77.4 Å². The van der Waals surface area contributed by atoms with Gasteiger partial charge in [0.2, 0.25) is 0 Å². The van der Waals surface area contributed by atoms with Crippen molar-refractivity contribution in [2.75, 3.05) is 52.1 Å². The maximum absolute atomic E-state index is 13.3. The lowest BCUT2D eigenvalue weighted by Crippen LogP contribution is -2.43. The summed E-state index contributed by atoms with van der Waals surface area (Å²) >= 11 is 0. The number of likely N-dealkylation sites (tertiary alicyclic amines) is 2. The Balaban J connectivity index is 1.28. The van der Waals surface area contributed by atoms with Gasteiger partial charge in [0.05, 0.1) is 12.0 Å². The first-order valence-electron chi connectivity index (χ1n) is 14.2. The SMILES string of the molecule is COc1ccc(NS(=O)(=O)c2ccc(-c3ccc(C(=O)NC4CCN(C)CC4)cc3C)cc2)cc1C1CCN(C)C1. The molecular formula is C32H40N4O4S. The fourth-order valence-corrected chi connectivity index (χ4v) is 6.93. The van der Waals surface area contributed by atoms with Gasteiger partial charge < -0.3 is 19.9 Å². The summed E-state index contributed by atoms with van der Waals surface area (Å²) in [5.41, 5.74) is 4.98. The number of nitrogens with one attached hydrogen (secondary N) is 2. The predicted octanol–water partition coefficient (Wildman–Crippen LogP) is 4.71. The van der Waals surface area contributed by atoms with Crippen LogP contribution in [0.1, 0.15) is 46.7 Å². The molecule has 5 rings (SSSR count). The number of benzene rings is 3. The van der Waals surface area contributed by atoms with Gasteiger partial charge in [0, 0.05) is 35.3 Å². The van der Waals surface area contributed by atoms with Crippen molar-refractivity contribution in [3.63, 3.8) is 0 Å². The van der Waals surface area contributed by atoms with Crippen LogP contribution in [0.25, 0.3) is 11.1 Å². The third-order valence-electron chi connectivity index (χ3n) is 8.33. The molecule has 0 saturated carbocycles. The minimum atomic E-state index is -3.79. The van der Waals surface area contributed by atoms with Crippen molar-refractivity contribution in [1.29, 1.82) is 0 Å². The van der Waals surface area contributed by atoms with E-state index >= 15 is 0 Å². The van der Waals surface area contributed by atoms with E-state index in [1.54, 1.807) is 25.3 Å². The fourth-order valence-electron chi connectivity index (χ4n) is 5.88. The van der Waals surface area contributed by atoms with Crippen LogP contribution >= 0.6 is 0 Å². The second kappa shape index (κ2) is 12.2. The van der Waals surface area contributed by atoms with Gasteiger partial charge in [-0.15, -0.1) is 0 Å². The number of piperidine rings is 1. The van der Waals surface area contributed by atoms with E-state index in [-0.39, 0.29) is 16.8 Å². The molecule has 9 heteroatoms. The summed E-state index contributed by atoms with van der Waals surface area (Å²) in [5.74, 6) is 1.02. The van der Waals surface area contributed by atoms with Gasteiger partial charge in [-0.2, -0.15) is 0 Å². The molecule has 1 atom stereocenters. The van der Waals surface area contributed by atoms with Crippen molar-refractivity contribution >= 4 is 21.6 Å². The summed E-state index contributed by atoms with van der Waals surface area (Å²) in [6, 6.07) is 18.2. The van der Waals surface area contributed by atoms with Gasteiger partial charge in [0.1, 0.15) is 5.75 Å². The molecule has 0 aromatic heterocycles. The van der Waals surface area contributed by atoms with Crippen molar-refractivity contribution < 1.29 is 17.9 Å². The average molecular weight is 577 g/mol. The molecule has 2 N–H and O–H groups in total. The molecular weight excluding hydrogens is 536 g/mol. The van der Waals surface area contributed by atoms with Crippen LogP contribution in [0.2, 0.25) is 0 Å². The largest absolute Gasteiger partial charge is 0.496 e. The molecule has 2 saturated heterocycles. The molecule has 0 aliphatic carbocycles. The van der Waals surface area contributed by atoms with Crippen molar-refractivity contribution in [3.8, 4) is 16.9 Å². The molecule has 218 valence electrons. The zero-order chi connectivity index (χ0) is 29.1. The van der Waals surface area contributed by atoms with Gasteiger partial charge in [-0.25, -0.2) is 8.42 Å². The number of carbonyl (C=O) groups is 1. The molecule has 8 nitrogen and oxygen atoms in total. The number of anilines is 1. The van der Waals surface area contributed by atoms with Crippen LogP contribution in [0, 0.1) is 6.92 Å². The molecule has 1 amide bonds. The Bertz CT molecular complexity index is 1500. The second-order valence-electron chi connectivity index (χ2n) is 11.4. The lowest BCUT2D eigenvalue weighted by atomic mass is 9.97. The Morgan fingerprint density at radius 1 is 0.902 bits per heavy atom. The van der Waals surface area contributed by atoms with Crippen LogP contribution in [-0.4, -0.2) is 77.6 Å². The average Bonchev–Trinajstić information content (AvgIpc) is 3.40. The van der Waals surface area contributed by atoms with Crippen LogP contribution in [0.15, 0.2) is 65.6 Å². The number of rotatable bonds is 8. The number of hydrogen-bond donors (Lipinski definition) is 2. The van der Waals surface area contributed by atoms with Crippen LogP contribution in [0.3, 0.4) is 0 Å². The number of amides is 1. The minimum Gasteiger partial charge on any atom is -0.496 e. The zero-order valence-electron chi connectivity index (χ0n) is 24.3. The highest BCUT2D eigenvalue weighted by Gasteiger charge is 2.25. The van der Waals surface area contributed by atoms with Crippen LogP contribution < -0.4 is 14.8 Å². The Labute approximate surface area is 243 Å². The number of ether oxygens (including phenoxy) is 1. The fraction of sp³-hybridized carbons (Fsp3) is 0.406. The van der Waals surface area contributed by atoms with Gasteiger partial charge >= 0.3 is 0 Å². The van der Waals surface area contributed by atoms with E-state index in [1.807, 2.05) is 49.4 Å². The number of nitrogens with zero attached hydrogens (tertiary/aromatic N) is 2. The van der Waals surface area contributed by atoms with E-state index in [4.69, 9.17) is 4.74 Å². The molecule has 2 heterocycles. The lowest BCUT2D eigenvalue weighted by molar-refractivity contribution is 0.0916. The second-order valence-corrected chi connectivity index (χ2v) is 13.1. The molecule has 1 unspecified atom stereocenters. The van der Waals surface area contributed by atoms with Crippen LogP contribution in [0.4, 0.5) is 5.69 Å². The van der Waals surface area contributed by atoms with Crippen LogP contribution in [-0.2, 0) is 10.0 Å². The number of methoxy groups -OCH3 is 1. The standard InChI is InChI=1S/C32H40N4O4S/c1-22-19-24(32(37)33-26-14-17-35(2)18-15-26)7-11-29(22)23-5-9-28(10-6-23)41(38,39)34-27-8-12-31(40-4)30(20-27)25-13-16-36(3)21-25/h5-12,19-20,25-26,34H,13-18,21H2,1-4H3,(H,33,37). The first-order valence-corrected chi connectivity index (χ1v) is 15.7. The Hall–Kier alpha value is -3.40. The maximum Gasteiger partial charge on any atom is 0.261 e. The summed E-state index contributed by atoms with van der Waals surface area (Å²) in [7, 11) is 2.05. The van der Waals surface area contributed by atoms with Gasteiger partial charge in [-0.1, -0.05) is 18.2 Å². The molecule has 3 aromatic carbocycles. The number of hydrogen-bond acceptors (Lipinski definition) is 6. The highest BCUT2D eigenvalue weighted by molar-refractivity contribution is 7.92. The van der Waals surface area contributed by atoms with Gasteiger partial charge in [0.15, 0.2) is 0 Å². The maximum atomic E-state index is 13.3. The molecule has 41 heavy (non-hydrogen) atoms. The van der Waals surface area contributed by atoms with E-state index in [2.05, 4.69) is 33.9 Å². The summed E-state index contributed by atoms with van der Waals surface area (Å²) in [6.07, 6.45) is 2.93. The summed E-state index contributed by atoms with van der Waals surface area (Å²) in [6.45, 7) is 5.87. The molecule has 3 aromatic rings. The molecule has 2 fully saturated rings. The zero-order valence-corrected chi connectivity index (χ0v) is 25.1. The molecule has 2 aliphatic heterocycles. The van der Waals surface area contributed by atoms with Crippen LogP contribution in [0.5, 0.6) is 5.75 Å². The Kier molecular flexibility index (Phi) is 8.68. The highest BCUT2D eigenvalue weighted by atomic mass is 32.2. The Morgan fingerprint density at radius 3 is 2.24 bits per heavy atom. The highest BCUT2D eigenvalue weighted by Crippen LogP contribution is 2.35. The number of aryl methyl sites for hydroxylation is 1. The predicted molar refractivity (Wildman–Crippen MR) is 163 cm³/mol. The lowest BCUT2D eigenvalue weighted by Gasteiger charge is -2.29. The monoisotopic (exact) mass is 576 g/mol. The van der Waals surface area contributed by atoms with Crippen molar-refractivity contribution in [2.45, 2.75) is 43.0 Å². The topological polar surface area (TPSA) is 91.0 Å². The minimum absolute atomic E-state index is 0.0524. The molecule has 2 aliphatic rings. The summed E-state index contributed by atoms with van der Waals surface area (Å²) < 4.78 is 34.8. The molecule has 0 spiro atoms. The van der Waals surface area contributed by atoms with E-state index in [1.165, 1.54) is 0 Å². The molecule has 0 radical (unpaired) electrons. The van der Waals surface area contributed by atoms with E-state index in [0.29, 0.717) is 17.2 Å². The quantitative estimate of drug-likeness (QED) is 0.404. The third kappa shape index (κ3) is 6.74. The van der Waals surface area contributed by atoms with Gasteiger partial charge in [0.25, 0.3) is 15.9 Å². The van der Waals surface area contributed by atoms with Gasteiger partial charge in [-0.05, 0) is 119 Å². The summed E-state index contributed by atoms with van der Waals surface area (Å²) in [4.78, 5) is 17.6. The number of carbonyl (C=O) groups excluding carboxylic acids is 1. The first kappa shape index (κ1) is 29.1. The van der Waals surface area contributed by atoms with E-state index in [0.717, 1.165) is 73.4 Å². The third-order valence-corrected chi connectivity index (χ3v) is 9.73. The Morgan fingerprint density at radius 2 is 1.61 bits per heavy atom. The molecule has 0 bridgehead atoms. The summed E-state index contributed by atoms with van der Waals surface area (Å²) in [5, 5.41) is 3.17. The van der Waals surface area contributed by atoms with Gasteiger partial charge in [-0.3, -0.25) is 9.52 Å². The van der Waals surface area contributed by atoms with E-state index < -0.39 is 10.0 Å².